The molecule has 0 aliphatic carbocycles. The highest BCUT2D eigenvalue weighted by Crippen LogP contribution is 2.39. The van der Waals surface area contributed by atoms with E-state index in [-0.39, 0.29) is 28.4 Å². The van der Waals surface area contributed by atoms with Gasteiger partial charge in [-0.05, 0) is 53.8 Å². The van der Waals surface area contributed by atoms with Crippen LogP contribution in [0, 0.1) is 0 Å². The third-order valence-corrected chi connectivity index (χ3v) is 6.22. The predicted molar refractivity (Wildman–Crippen MR) is 137 cm³/mol. The third kappa shape index (κ3) is 6.08. The van der Waals surface area contributed by atoms with Gasteiger partial charge in [0, 0.05) is 5.56 Å². The standard InChI is InChI=1S/C27H27NO6S/c1-6-34-26(32)21-22(29)20(15-16-7-9-18(10-8-16)25(31)33-5)35-24(21)28-23(30)17-11-13-19(14-12-17)27(2,3)4/h7-15,29H,6H2,1-5H3/b20-15+,28-24?. The molecule has 8 heteroatoms. The Kier molecular flexibility index (Phi) is 7.96. The lowest BCUT2D eigenvalue weighted by molar-refractivity contribution is -0.138. The van der Waals surface area contributed by atoms with E-state index in [9.17, 15) is 19.5 Å². The highest BCUT2D eigenvalue weighted by atomic mass is 32.2. The minimum Gasteiger partial charge on any atom is -0.506 e. The Bertz CT molecular complexity index is 1230. The number of aliphatic hydroxyl groups excluding tert-OH is 1. The van der Waals surface area contributed by atoms with Crippen molar-refractivity contribution in [2.75, 3.05) is 13.7 Å². The number of nitrogens with zero attached hydrogens (tertiary/aromatic N) is 1. The van der Waals surface area contributed by atoms with Crippen molar-refractivity contribution in [2.24, 2.45) is 4.99 Å². The largest absolute Gasteiger partial charge is 0.506 e. The molecule has 1 N–H and O–H groups in total. The van der Waals surface area contributed by atoms with E-state index in [0.717, 1.165) is 17.3 Å². The first kappa shape index (κ1) is 26.0. The van der Waals surface area contributed by atoms with Crippen LogP contribution in [-0.4, -0.2) is 41.7 Å². The lowest BCUT2D eigenvalue weighted by Crippen LogP contribution is -2.14. The van der Waals surface area contributed by atoms with Crippen molar-refractivity contribution in [2.45, 2.75) is 33.1 Å². The number of methoxy groups -OCH3 is 1. The van der Waals surface area contributed by atoms with Gasteiger partial charge in [0.15, 0.2) is 0 Å². The molecule has 2 aromatic carbocycles. The van der Waals surface area contributed by atoms with Crippen LogP contribution in [0.5, 0.6) is 0 Å². The first-order valence-corrected chi connectivity index (χ1v) is 11.8. The minimum atomic E-state index is -0.767. The summed E-state index contributed by atoms with van der Waals surface area (Å²) in [5.74, 6) is -2.09. The molecule has 1 heterocycles. The van der Waals surface area contributed by atoms with Gasteiger partial charge in [0.25, 0.3) is 5.91 Å². The molecule has 7 nitrogen and oxygen atoms in total. The van der Waals surface area contributed by atoms with Crippen LogP contribution in [0.2, 0.25) is 0 Å². The number of benzene rings is 2. The number of hydrogen-bond donors (Lipinski definition) is 1. The molecular formula is C27H27NO6S. The van der Waals surface area contributed by atoms with Crippen LogP contribution in [0.15, 0.2) is 69.8 Å². The van der Waals surface area contributed by atoms with E-state index in [1.165, 1.54) is 7.11 Å². The second kappa shape index (κ2) is 10.7. The number of aliphatic hydroxyl groups is 1. The van der Waals surface area contributed by atoms with Crippen LogP contribution in [0.1, 0.15) is 59.5 Å². The summed E-state index contributed by atoms with van der Waals surface area (Å²) in [7, 11) is 1.30. The molecule has 0 radical (unpaired) electrons. The van der Waals surface area contributed by atoms with Gasteiger partial charge in [-0.3, -0.25) is 4.79 Å². The molecule has 3 rings (SSSR count). The van der Waals surface area contributed by atoms with Crippen LogP contribution in [-0.2, 0) is 19.7 Å². The topological polar surface area (TPSA) is 102 Å². The van der Waals surface area contributed by atoms with Crippen LogP contribution >= 0.6 is 11.8 Å². The van der Waals surface area contributed by atoms with E-state index >= 15 is 0 Å². The van der Waals surface area contributed by atoms with Gasteiger partial charge in [-0.15, -0.1) is 0 Å². The smallest absolute Gasteiger partial charge is 0.344 e. The van der Waals surface area contributed by atoms with Gasteiger partial charge in [-0.1, -0.05) is 56.8 Å². The van der Waals surface area contributed by atoms with Crippen molar-refractivity contribution in [3.8, 4) is 0 Å². The number of esters is 2. The normalized spacial score (nSPS) is 16.0. The summed E-state index contributed by atoms with van der Waals surface area (Å²) in [6.07, 6.45) is 1.63. The number of aliphatic imine (C=N–C) groups is 1. The van der Waals surface area contributed by atoms with Gasteiger partial charge < -0.3 is 14.6 Å². The molecule has 182 valence electrons. The van der Waals surface area contributed by atoms with Gasteiger partial charge in [-0.25, -0.2) is 14.6 Å². The maximum atomic E-state index is 12.9. The Morgan fingerprint density at radius 1 is 0.971 bits per heavy atom. The number of amides is 1. The fraction of sp³-hybridized carbons (Fsp3) is 0.259. The average Bonchev–Trinajstić information content (AvgIpc) is 3.13. The van der Waals surface area contributed by atoms with Crippen LogP contribution in [0.3, 0.4) is 0 Å². The zero-order valence-corrected chi connectivity index (χ0v) is 21.1. The number of carbonyl (C=O) groups is 3. The van der Waals surface area contributed by atoms with E-state index in [1.54, 1.807) is 49.4 Å². The molecule has 0 saturated heterocycles. The molecule has 0 atom stereocenters. The van der Waals surface area contributed by atoms with E-state index in [4.69, 9.17) is 9.47 Å². The first-order chi connectivity index (χ1) is 16.5. The summed E-state index contributed by atoms with van der Waals surface area (Å²) in [5.41, 5.74) is 2.27. The van der Waals surface area contributed by atoms with Gasteiger partial charge in [0.1, 0.15) is 16.4 Å². The van der Waals surface area contributed by atoms with E-state index in [0.29, 0.717) is 21.6 Å². The summed E-state index contributed by atoms with van der Waals surface area (Å²) in [5, 5.41) is 10.8. The van der Waals surface area contributed by atoms with E-state index < -0.39 is 17.8 Å². The predicted octanol–water partition coefficient (Wildman–Crippen LogP) is 5.47. The van der Waals surface area contributed by atoms with Crippen molar-refractivity contribution in [3.63, 3.8) is 0 Å². The number of rotatable bonds is 5. The average molecular weight is 494 g/mol. The summed E-state index contributed by atoms with van der Waals surface area (Å²) < 4.78 is 9.77. The molecule has 0 spiro atoms. The number of thioether (sulfide) groups is 1. The Morgan fingerprint density at radius 2 is 1.57 bits per heavy atom. The summed E-state index contributed by atoms with van der Waals surface area (Å²) in [6.45, 7) is 7.99. The van der Waals surface area contributed by atoms with Gasteiger partial charge in [-0.2, -0.15) is 0 Å². The minimum absolute atomic E-state index is 0.0586. The first-order valence-electron chi connectivity index (χ1n) is 11.0. The monoisotopic (exact) mass is 493 g/mol. The molecular weight excluding hydrogens is 466 g/mol. The second-order valence-electron chi connectivity index (χ2n) is 8.72. The SMILES string of the molecule is CCOC(=O)C1=C(O)/C(=C\c2ccc(C(=O)OC)cc2)SC1=NC(=O)c1ccc(C(C)(C)C)cc1. The molecule has 0 saturated carbocycles. The van der Waals surface area contributed by atoms with Crippen LogP contribution in [0.4, 0.5) is 0 Å². The molecule has 0 unspecified atom stereocenters. The molecule has 0 aromatic heterocycles. The summed E-state index contributed by atoms with van der Waals surface area (Å²) in [4.78, 5) is 41.5. The van der Waals surface area contributed by atoms with Crippen molar-refractivity contribution in [1.29, 1.82) is 0 Å². The highest BCUT2D eigenvalue weighted by molar-refractivity contribution is 8.18. The van der Waals surface area contributed by atoms with Crippen LogP contribution in [0.25, 0.3) is 6.08 Å². The lowest BCUT2D eigenvalue weighted by Gasteiger charge is -2.18. The van der Waals surface area contributed by atoms with Gasteiger partial charge in [0.05, 0.1) is 24.2 Å². The number of carbonyl (C=O) groups excluding carboxylic acids is 3. The Hall–Kier alpha value is -3.65. The zero-order chi connectivity index (χ0) is 25.8. The third-order valence-electron chi connectivity index (χ3n) is 5.20. The molecule has 0 bridgehead atoms. The number of hydrogen-bond acceptors (Lipinski definition) is 7. The zero-order valence-electron chi connectivity index (χ0n) is 20.2. The highest BCUT2D eigenvalue weighted by Gasteiger charge is 2.34. The summed E-state index contributed by atoms with van der Waals surface area (Å²) >= 11 is 0.995. The summed E-state index contributed by atoms with van der Waals surface area (Å²) in [6, 6.07) is 13.7. The molecule has 0 fully saturated rings. The van der Waals surface area contributed by atoms with Crippen molar-refractivity contribution in [3.05, 3.63) is 87.0 Å². The fourth-order valence-corrected chi connectivity index (χ4v) is 4.26. The maximum Gasteiger partial charge on any atom is 0.344 e. The maximum absolute atomic E-state index is 12.9. The van der Waals surface area contributed by atoms with Gasteiger partial charge >= 0.3 is 11.9 Å². The van der Waals surface area contributed by atoms with Crippen molar-refractivity contribution < 1.29 is 29.0 Å². The van der Waals surface area contributed by atoms with Gasteiger partial charge in [0.2, 0.25) is 0 Å². The Morgan fingerprint density at radius 3 is 2.11 bits per heavy atom. The quantitative estimate of drug-likeness (QED) is 0.551. The second-order valence-corrected chi connectivity index (χ2v) is 9.75. The van der Waals surface area contributed by atoms with Crippen molar-refractivity contribution >= 4 is 40.7 Å². The lowest BCUT2D eigenvalue weighted by atomic mass is 9.87. The Labute approximate surface area is 208 Å². The number of ether oxygens (including phenoxy) is 2. The molecule has 1 amide bonds. The molecule has 1 aliphatic rings. The van der Waals surface area contributed by atoms with E-state index in [2.05, 4.69) is 25.8 Å². The Balaban J connectivity index is 1.94. The fourth-order valence-electron chi connectivity index (χ4n) is 3.25. The van der Waals surface area contributed by atoms with E-state index in [1.807, 2.05) is 12.1 Å². The van der Waals surface area contributed by atoms with Crippen LogP contribution < -0.4 is 0 Å². The molecule has 1 aliphatic heterocycles. The molecule has 35 heavy (non-hydrogen) atoms. The van der Waals surface area contributed by atoms with Crippen molar-refractivity contribution in [1.82, 2.24) is 0 Å². The molecule has 2 aromatic rings.